The van der Waals surface area contributed by atoms with E-state index in [2.05, 4.69) is 4.98 Å². The Morgan fingerprint density at radius 1 is 1.64 bits per heavy atom. The van der Waals surface area contributed by atoms with E-state index in [1.165, 1.54) is 0 Å². The topological polar surface area (TPSA) is 20.7 Å². The molecule has 78 valence electrons. The molecule has 1 fully saturated rings. The summed E-state index contributed by atoms with van der Waals surface area (Å²) in [7, 11) is 0. The van der Waals surface area contributed by atoms with Gasteiger partial charge in [0.25, 0.3) is 0 Å². The summed E-state index contributed by atoms with van der Waals surface area (Å²) in [5, 5.41) is 0. The third kappa shape index (κ3) is 1.61. The fraction of sp³-hybridized carbons (Fsp3) is 0.667. The van der Waals surface area contributed by atoms with Gasteiger partial charge in [0, 0.05) is 23.9 Å². The van der Waals surface area contributed by atoms with Gasteiger partial charge in [0.1, 0.15) is 0 Å². The molecule has 0 aliphatic heterocycles. The maximum absolute atomic E-state index is 12.6. The van der Waals surface area contributed by atoms with Crippen LogP contribution in [0.1, 0.15) is 18.5 Å². The lowest BCUT2D eigenvalue weighted by atomic mass is 10.1. The molecular weight excluding hydrogens is 206 g/mol. The third-order valence-electron chi connectivity index (χ3n) is 2.75. The third-order valence-corrected chi connectivity index (χ3v) is 3.09. The van der Waals surface area contributed by atoms with E-state index < -0.39 is 11.8 Å². The molecule has 2 nitrogen and oxygen atoms in total. The molecule has 0 saturated heterocycles. The van der Waals surface area contributed by atoms with Crippen molar-refractivity contribution in [3.8, 4) is 0 Å². The van der Waals surface area contributed by atoms with Gasteiger partial charge >= 0.3 is 0 Å². The predicted octanol–water partition coefficient (Wildman–Crippen LogP) is 2.90. The number of H-pyrrole nitrogens is 1. The van der Waals surface area contributed by atoms with Gasteiger partial charge in [-0.25, -0.2) is 8.78 Å². The monoisotopic (exact) mass is 218 g/mol. The Balaban J connectivity index is 2.19. The highest BCUT2D eigenvalue weighted by molar-refractivity contribution is 7.71. The largest absolute Gasteiger partial charge is 0.335 e. The first-order valence-corrected chi connectivity index (χ1v) is 4.98. The van der Waals surface area contributed by atoms with Gasteiger partial charge in [-0.2, -0.15) is 0 Å². The minimum Gasteiger partial charge on any atom is -0.335 e. The number of hydrogen-bond acceptors (Lipinski definition) is 1. The van der Waals surface area contributed by atoms with Gasteiger partial charge in [0.2, 0.25) is 6.43 Å². The Hall–Kier alpha value is -0.710. The standard InChI is InChI=1S/C9H12F2N2S/c1-6-4-13(8(14)12-6)5-9(2-3-9)7(10)11/h4,7H,2-3,5H2,1H3,(H,12,14). The molecule has 1 aromatic rings. The van der Waals surface area contributed by atoms with Gasteiger partial charge in [0.05, 0.1) is 0 Å². The van der Waals surface area contributed by atoms with Crippen molar-refractivity contribution in [2.45, 2.75) is 32.7 Å². The molecule has 0 aromatic carbocycles. The number of hydrogen-bond donors (Lipinski definition) is 1. The van der Waals surface area contributed by atoms with Crippen LogP contribution in [0, 0.1) is 17.1 Å². The van der Waals surface area contributed by atoms with E-state index in [9.17, 15) is 8.78 Å². The Morgan fingerprint density at radius 3 is 2.64 bits per heavy atom. The second-order valence-corrected chi connectivity index (χ2v) is 4.42. The van der Waals surface area contributed by atoms with Crippen molar-refractivity contribution in [3.05, 3.63) is 16.7 Å². The van der Waals surface area contributed by atoms with Crippen molar-refractivity contribution in [2.75, 3.05) is 0 Å². The smallest absolute Gasteiger partial charge is 0.245 e. The zero-order valence-electron chi connectivity index (χ0n) is 7.89. The van der Waals surface area contributed by atoms with Crippen molar-refractivity contribution in [2.24, 2.45) is 5.41 Å². The zero-order valence-corrected chi connectivity index (χ0v) is 8.70. The maximum atomic E-state index is 12.6. The molecule has 0 amide bonds. The van der Waals surface area contributed by atoms with Crippen LogP contribution >= 0.6 is 12.2 Å². The highest BCUT2D eigenvalue weighted by Gasteiger charge is 2.51. The highest BCUT2D eigenvalue weighted by atomic mass is 32.1. The maximum Gasteiger partial charge on any atom is 0.245 e. The summed E-state index contributed by atoms with van der Waals surface area (Å²) in [6.45, 7) is 2.21. The molecule has 0 bridgehead atoms. The summed E-state index contributed by atoms with van der Waals surface area (Å²) in [6.07, 6.45) is 0.776. The van der Waals surface area contributed by atoms with Gasteiger partial charge < -0.3 is 9.55 Å². The Kier molecular flexibility index (Phi) is 2.21. The molecule has 0 radical (unpaired) electrons. The average Bonchev–Trinajstić information content (AvgIpc) is 2.77. The summed E-state index contributed by atoms with van der Waals surface area (Å²) in [6, 6.07) is 0. The van der Waals surface area contributed by atoms with Crippen molar-refractivity contribution in [3.63, 3.8) is 0 Å². The Morgan fingerprint density at radius 2 is 2.29 bits per heavy atom. The number of rotatable bonds is 3. The van der Waals surface area contributed by atoms with E-state index in [-0.39, 0.29) is 0 Å². The van der Waals surface area contributed by atoms with Crippen LogP contribution in [0.5, 0.6) is 0 Å². The molecule has 0 atom stereocenters. The van der Waals surface area contributed by atoms with Crippen LogP contribution in [0.15, 0.2) is 6.20 Å². The highest BCUT2D eigenvalue weighted by Crippen LogP contribution is 2.52. The Bertz CT molecular complexity index is 390. The summed E-state index contributed by atoms with van der Waals surface area (Å²) in [5.41, 5.74) is 0.118. The first-order valence-electron chi connectivity index (χ1n) is 4.58. The van der Waals surface area contributed by atoms with Crippen LogP contribution in [0.3, 0.4) is 0 Å². The van der Waals surface area contributed by atoms with E-state index in [0.29, 0.717) is 24.2 Å². The van der Waals surface area contributed by atoms with E-state index >= 15 is 0 Å². The minimum atomic E-state index is -2.24. The number of aryl methyl sites for hydroxylation is 1. The molecule has 2 rings (SSSR count). The molecule has 0 unspecified atom stereocenters. The van der Waals surface area contributed by atoms with Gasteiger partial charge in [-0.1, -0.05) is 0 Å². The number of imidazole rings is 1. The van der Waals surface area contributed by atoms with Gasteiger partial charge in [-0.3, -0.25) is 0 Å². The van der Waals surface area contributed by atoms with Gasteiger partial charge in [-0.05, 0) is 32.0 Å². The van der Waals surface area contributed by atoms with Crippen molar-refractivity contribution >= 4 is 12.2 Å². The van der Waals surface area contributed by atoms with Crippen molar-refractivity contribution in [1.29, 1.82) is 0 Å². The van der Waals surface area contributed by atoms with E-state index in [4.69, 9.17) is 12.2 Å². The van der Waals surface area contributed by atoms with Gasteiger partial charge in [-0.15, -0.1) is 0 Å². The van der Waals surface area contributed by atoms with Crippen molar-refractivity contribution < 1.29 is 8.78 Å². The molecular formula is C9H12F2N2S. The molecule has 1 aromatic heterocycles. The second-order valence-electron chi connectivity index (χ2n) is 4.03. The number of aromatic nitrogens is 2. The summed E-state index contributed by atoms with van der Waals surface area (Å²) in [4.78, 5) is 2.93. The van der Waals surface area contributed by atoms with E-state index in [0.717, 1.165) is 5.69 Å². The van der Waals surface area contributed by atoms with Crippen LogP contribution in [0.25, 0.3) is 0 Å². The lowest BCUT2D eigenvalue weighted by Crippen LogP contribution is -2.19. The van der Waals surface area contributed by atoms with Gasteiger partial charge in [0.15, 0.2) is 4.77 Å². The van der Waals surface area contributed by atoms with Crippen LogP contribution in [0.2, 0.25) is 0 Å². The quantitative estimate of drug-likeness (QED) is 0.774. The first-order chi connectivity index (χ1) is 6.53. The van der Waals surface area contributed by atoms with Crippen LogP contribution < -0.4 is 0 Å². The number of halogens is 2. The first kappa shape index (κ1) is 9.83. The number of aromatic amines is 1. The summed E-state index contributed by atoms with van der Waals surface area (Å²) >= 11 is 5.02. The van der Waals surface area contributed by atoms with Crippen molar-refractivity contribution in [1.82, 2.24) is 9.55 Å². The molecule has 1 saturated carbocycles. The lowest BCUT2D eigenvalue weighted by molar-refractivity contribution is 0.0509. The average molecular weight is 218 g/mol. The van der Waals surface area contributed by atoms with Crippen LogP contribution in [-0.4, -0.2) is 16.0 Å². The number of nitrogens with one attached hydrogen (secondary N) is 1. The lowest BCUT2D eigenvalue weighted by Gasteiger charge is -2.13. The fourth-order valence-electron chi connectivity index (χ4n) is 1.63. The summed E-state index contributed by atoms with van der Waals surface area (Å²) < 4.78 is 27.5. The molecule has 5 heteroatoms. The van der Waals surface area contributed by atoms with E-state index in [1.54, 1.807) is 10.8 Å². The molecule has 14 heavy (non-hydrogen) atoms. The molecule has 1 aliphatic rings. The fourth-order valence-corrected chi connectivity index (χ4v) is 1.91. The second kappa shape index (κ2) is 3.15. The van der Waals surface area contributed by atoms with Crippen LogP contribution in [-0.2, 0) is 6.54 Å². The summed E-state index contributed by atoms with van der Waals surface area (Å²) in [5.74, 6) is 0. The zero-order chi connectivity index (χ0) is 10.3. The van der Waals surface area contributed by atoms with Crippen LogP contribution in [0.4, 0.5) is 8.78 Å². The normalized spacial score (nSPS) is 18.9. The minimum absolute atomic E-state index is 0.341. The predicted molar refractivity (Wildman–Crippen MR) is 52.0 cm³/mol. The SMILES string of the molecule is Cc1cn(CC2(C(F)F)CC2)c(=S)[nH]1. The number of nitrogens with zero attached hydrogens (tertiary/aromatic N) is 1. The number of alkyl halides is 2. The molecule has 1 N–H and O–H groups in total. The molecule has 0 spiro atoms. The van der Waals surface area contributed by atoms with E-state index in [1.807, 2.05) is 6.92 Å². The molecule has 1 aliphatic carbocycles. The Labute approximate surface area is 85.9 Å². The molecule has 1 heterocycles.